The van der Waals surface area contributed by atoms with Crippen LogP contribution in [-0.2, 0) is 19.7 Å². The molecule has 0 aliphatic heterocycles. The third kappa shape index (κ3) is 6.10. The highest BCUT2D eigenvalue weighted by Crippen LogP contribution is 2.21. The fraction of sp³-hybridized carbons (Fsp3) is 0.571. The minimum absolute atomic E-state index is 0.180. The first kappa shape index (κ1) is 16.7. The third-order valence-corrected chi connectivity index (χ3v) is 5.98. The van der Waals surface area contributed by atoms with E-state index in [1.165, 1.54) is 5.56 Å². The molecule has 0 amide bonds. The monoisotopic (exact) mass is 300 g/mol. The second-order valence-electron chi connectivity index (χ2n) is 4.25. The Kier molecular flexibility index (Phi) is 7.71. The quantitative estimate of drug-likeness (QED) is 0.429. The molecule has 0 saturated heterocycles. The highest BCUT2D eigenvalue weighted by atomic mass is 32.1. The van der Waals surface area contributed by atoms with Crippen LogP contribution in [0.2, 0.25) is 6.04 Å². The molecule has 0 aliphatic rings. The van der Waals surface area contributed by atoms with Gasteiger partial charge in [0.25, 0.3) is 0 Å². The van der Waals surface area contributed by atoms with Gasteiger partial charge in [0.05, 0.1) is 5.44 Å². The van der Waals surface area contributed by atoms with Gasteiger partial charge in [0, 0.05) is 19.3 Å². The Morgan fingerprint density at radius 2 is 1.68 bits per heavy atom. The molecule has 19 heavy (non-hydrogen) atoms. The standard InChI is InChI=1S/C14H24O3SSi/c1-4-15-19(16-5-2,17-13(3)18)12-11-14-9-7-6-8-10-14/h6-10,13,18H,4-5,11-12H2,1-3H3. The lowest BCUT2D eigenvalue weighted by atomic mass is 10.2. The lowest BCUT2D eigenvalue weighted by molar-refractivity contribution is 0.0634. The van der Waals surface area contributed by atoms with Crippen molar-refractivity contribution in [1.82, 2.24) is 0 Å². The molecule has 0 heterocycles. The zero-order valence-electron chi connectivity index (χ0n) is 12.0. The molecule has 1 atom stereocenters. The van der Waals surface area contributed by atoms with Gasteiger partial charge in [-0.2, -0.15) is 0 Å². The Morgan fingerprint density at radius 3 is 2.16 bits per heavy atom. The summed E-state index contributed by atoms with van der Waals surface area (Å²) in [5.74, 6) is 0. The second-order valence-corrected chi connectivity index (χ2v) is 7.66. The molecule has 1 rings (SSSR count). The van der Waals surface area contributed by atoms with Crippen molar-refractivity contribution in [1.29, 1.82) is 0 Å². The summed E-state index contributed by atoms with van der Waals surface area (Å²) in [6.45, 7) is 7.03. The minimum atomic E-state index is -2.62. The smallest absolute Gasteiger partial charge is 0.374 e. The minimum Gasteiger partial charge on any atom is -0.374 e. The van der Waals surface area contributed by atoms with Crippen LogP contribution in [0.3, 0.4) is 0 Å². The molecular formula is C14H24O3SSi. The van der Waals surface area contributed by atoms with E-state index < -0.39 is 8.80 Å². The Morgan fingerprint density at radius 1 is 1.11 bits per heavy atom. The fourth-order valence-corrected chi connectivity index (χ4v) is 5.06. The normalized spacial score (nSPS) is 13.5. The Balaban J connectivity index is 2.71. The van der Waals surface area contributed by atoms with Crippen molar-refractivity contribution < 1.29 is 13.3 Å². The van der Waals surface area contributed by atoms with E-state index in [2.05, 4.69) is 24.8 Å². The number of thiol groups is 1. The van der Waals surface area contributed by atoms with Gasteiger partial charge in [-0.15, -0.1) is 12.6 Å². The molecule has 0 fully saturated rings. The van der Waals surface area contributed by atoms with E-state index in [0.717, 1.165) is 12.5 Å². The zero-order valence-corrected chi connectivity index (χ0v) is 13.9. The van der Waals surface area contributed by atoms with Crippen LogP contribution in [0.15, 0.2) is 30.3 Å². The number of aryl methyl sites for hydroxylation is 1. The summed E-state index contributed by atoms with van der Waals surface area (Å²) in [5.41, 5.74) is 1.09. The summed E-state index contributed by atoms with van der Waals surface area (Å²) < 4.78 is 17.6. The lowest BCUT2D eigenvalue weighted by Gasteiger charge is -2.30. The molecule has 108 valence electrons. The van der Waals surface area contributed by atoms with E-state index in [-0.39, 0.29) is 5.44 Å². The van der Waals surface area contributed by atoms with Crippen molar-refractivity contribution in [3.8, 4) is 0 Å². The number of hydrogen-bond donors (Lipinski definition) is 1. The number of benzene rings is 1. The predicted octanol–water partition coefficient (Wildman–Crippen LogP) is 3.53. The van der Waals surface area contributed by atoms with Crippen molar-refractivity contribution in [2.45, 2.75) is 38.7 Å². The Hall–Kier alpha value is -0.333. The van der Waals surface area contributed by atoms with Crippen molar-refractivity contribution in [2.24, 2.45) is 0 Å². The number of hydrogen-bond acceptors (Lipinski definition) is 4. The van der Waals surface area contributed by atoms with Crippen molar-refractivity contribution in [3.63, 3.8) is 0 Å². The van der Waals surface area contributed by atoms with Gasteiger partial charge in [0.15, 0.2) is 0 Å². The topological polar surface area (TPSA) is 27.7 Å². The molecular weight excluding hydrogens is 276 g/mol. The maximum absolute atomic E-state index is 5.90. The zero-order chi connectivity index (χ0) is 14.1. The second kappa shape index (κ2) is 8.76. The van der Waals surface area contributed by atoms with Gasteiger partial charge in [-0.1, -0.05) is 30.3 Å². The van der Waals surface area contributed by atoms with Gasteiger partial charge < -0.3 is 13.3 Å². The van der Waals surface area contributed by atoms with Crippen molar-refractivity contribution in [3.05, 3.63) is 35.9 Å². The SMILES string of the molecule is CCO[Si](CCc1ccccc1)(OCC)OC(C)S. The maximum atomic E-state index is 5.90. The number of rotatable bonds is 9. The molecule has 5 heteroatoms. The largest absolute Gasteiger partial charge is 0.502 e. The summed E-state index contributed by atoms with van der Waals surface area (Å²) in [7, 11) is -2.62. The molecule has 0 aliphatic carbocycles. The van der Waals surface area contributed by atoms with Crippen LogP contribution in [0, 0.1) is 0 Å². The van der Waals surface area contributed by atoms with Gasteiger partial charge in [-0.05, 0) is 32.8 Å². The molecule has 0 N–H and O–H groups in total. The molecule has 1 aromatic carbocycles. The van der Waals surface area contributed by atoms with Crippen LogP contribution in [0.25, 0.3) is 0 Å². The van der Waals surface area contributed by atoms with Gasteiger partial charge in [0.1, 0.15) is 0 Å². The molecule has 3 nitrogen and oxygen atoms in total. The van der Waals surface area contributed by atoms with Crippen LogP contribution in [0.4, 0.5) is 0 Å². The molecule has 0 radical (unpaired) electrons. The van der Waals surface area contributed by atoms with E-state index in [1.807, 2.05) is 39.0 Å². The average molecular weight is 300 g/mol. The van der Waals surface area contributed by atoms with Crippen LogP contribution in [0.5, 0.6) is 0 Å². The summed E-state index contributed by atoms with van der Waals surface area (Å²) in [6.07, 6.45) is 0.896. The van der Waals surface area contributed by atoms with E-state index in [1.54, 1.807) is 0 Å². The van der Waals surface area contributed by atoms with Crippen LogP contribution in [-0.4, -0.2) is 27.5 Å². The first-order valence-electron chi connectivity index (χ1n) is 6.79. The van der Waals surface area contributed by atoms with Crippen molar-refractivity contribution in [2.75, 3.05) is 13.2 Å². The molecule has 1 aromatic rings. The van der Waals surface area contributed by atoms with Gasteiger partial charge in [-0.25, -0.2) is 0 Å². The molecule has 1 unspecified atom stereocenters. The van der Waals surface area contributed by atoms with E-state index >= 15 is 0 Å². The highest BCUT2D eigenvalue weighted by molar-refractivity contribution is 7.80. The summed E-state index contributed by atoms with van der Waals surface area (Å²) in [6, 6.07) is 11.1. The van der Waals surface area contributed by atoms with Crippen LogP contribution >= 0.6 is 12.6 Å². The van der Waals surface area contributed by atoms with Crippen LogP contribution < -0.4 is 0 Å². The van der Waals surface area contributed by atoms with Gasteiger partial charge in [0.2, 0.25) is 0 Å². The van der Waals surface area contributed by atoms with Gasteiger partial charge >= 0.3 is 8.80 Å². The third-order valence-electron chi connectivity index (χ3n) is 2.64. The van der Waals surface area contributed by atoms with Crippen molar-refractivity contribution >= 4 is 21.4 Å². The fourth-order valence-electron chi connectivity index (χ4n) is 1.95. The molecule has 0 saturated carbocycles. The first-order chi connectivity index (χ1) is 9.12. The van der Waals surface area contributed by atoms with E-state index in [0.29, 0.717) is 13.2 Å². The first-order valence-corrected chi connectivity index (χ1v) is 9.24. The van der Waals surface area contributed by atoms with E-state index in [9.17, 15) is 0 Å². The Labute approximate surface area is 123 Å². The predicted molar refractivity (Wildman–Crippen MR) is 83.5 cm³/mol. The highest BCUT2D eigenvalue weighted by Gasteiger charge is 2.41. The summed E-state index contributed by atoms with van der Waals surface area (Å²) >= 11 is 4.31. The summed E-state index contributed by atoms with van der Waals surface area (Å²) in [5, 5.41) is 0. The maximum Gasteiger partial charge on any atom is 0.502 e. The van der Waals surface area contributed by atoms with E-state index in [4.69, 9.17) is 13.3 Å². The molecule has 0 bridgehead atoms. The Bertz CT molecular complexity index is 340. The van der Waals surface area contributed by atoms with Gasteiger partial charge in [-0.3, -0.25) is 0 Å². The molecule has 0 aromatic heterocycles. The average Bonchev–Trinajstić information content (AvgIpc) is 2.37. The summed E-state index contributed by atoms with van der Waals surface area (Å²) in [4.78, 5) is 0. The van der Waals surface area contributed by atoms with Crippen LogP contribution in [0.1, 0.15) is 26.3 Å². The molecule has 0 spiro atoms. The lowest BCUT2D eigenvalue weighted by Crippen LogP contribution is -2.47.